The number of Topliss-reactive ketones (excluding diaryl/α,β-unsaturated/α-hetero) is 1. The summed E-state index contributed by atoms with van der Waals surface area (Å²) in [7, 11) is 0. The highest BCUT2D eigenvalue weighted by atomic mass is 16.1. The van der Waals surface area contributed by atoms with Crippen molar-refractivity contribution in [3.63, 3.8) is 0 Å². The average Bonchev–Trinajstić information content (AvgIpc) is 2.66. The molecular formula is C16H14O. The molecule has 1 aromatic carbocycles. The van der Waals surface area contributed by atoms with E-state index in [0.29, 0.717) is 0 Å². The molecule has 84 valence electrons. The summed E-state index contributed by atoms with van der Waals surface area (Å²) < 4.78 is 0. The first-order chi connectivity index (χ1) is 8.36. The summed E-state index contributed by atoms with van der Waals surface area (Å²) in [6, 6.07) is 7.96. The highest BCUT2D eigenvalue weighted by Crippen LogP contribution is 2.29. The second-order valence-corrected chi connectivity index (χ2v) is 4.46. The van der Waals surface area contributed by atoms with Gasteiger partial charge in [0.15, 0.2) is 5.78 Å². The van der Waals surface area contributed by atoms with Crippen molar-refractivity contribution >= 4 is 5.78 Å². The predicted octanol–water partition coefficient (Wildman–Crippen LogP) is 3.63. The molecule has 2 aliphatic rings. The maximum Gasteiger partial charge on any atom is 0.193 e. The largest absolute Gasteiger partial charge is 0.289 e. The number of carbonyl (C=O) groups is 1. The van der Waals surface area contributed by atoms with Crippen molar-refractivity contribution in [2.75, 3.05) is 0 Å². The minimum absolute atomic E-state index is 0.177. The quantitative estimate of drug-likeness (QED) is 0.655. The van der Waals surface area contributed by atoms with Gasteiger partial charge in [-0.25, -0.2) is 0 Å². The summed E-state index contributed by atoms with van der Waals surface area (Å²) in [6.07, 6.45) is 11.1. The molecule has 0 saturated heterocycles. The van der Waals surface area contributed by atoms with Crippen LogP contribution in [-0.4, -0.2) is 5.78 Å². The predicted molar refractivity (Wildman–Crippen MR) is 69.0 cm³/mol. The molecule has 1 heteroatoms. The minimum atomic E-state index is 0.177. The Morgan fingerprint density at radius 2 is 1.94 bits per heavy atom. The summed E-state index contributed by atoms with van der Waals surface area (Å²) in [6.45, 7) is 0. The Bertz CT molecular complexity index is 559. The molecule has 3 rings (SSSR count). The van der Waals surface area contributed by atoms with Crippen LogP contribution in [0, 0.1) is 0 Å². The number of carbonyl (C=O) groups excluding carboxylic acids is 1. The maximum absolute atomic E-state index is 12.5. The van der Waals surface area contributed by atoms with Gasteiger partial charge >= 0.3 is 0 Å². The summed E-state index contributed by atoms with van der Waals surface area (Å²) in [5.41, 5.74) is 4.13. The van der Waals surface area contributed by atoms with Crippen LogP contribution >= 0.6 is 0 Å². The maximum atomic E-state index is 12.5. The molecule has 0 radical (unpaired) electrons. The molecule has 0 N–H and O–H groups in total. The van der Waals surface area contributed by atoms with Crippen molar-refractivity contribution in [3.05, 3.63) is 70.8 Å². The van der Waals surface area contributed by atoms with Crippen molar-refractivity contribution in [1.82, 2.24) is 0 Å². The van der Waals surface area contributed by atoms with Gasteiger partial charge in [0.1, 0.15) is 0 Å². The topological polar surface area (TPSA) is 17.1 Å². The van der Waals surface area contributed by atoms with Crippen LogP contribution in [0.5, 0.6) is 0 Å². The van der Waals surface area contributed by atoms with E-state index in [9.17, 15) is 4.79 Å². The fourth-order valence-electron chi connectivity index (χ4n) is 2.50. The number of benzene rings is 1. The van der Waals surface area contributed by atoms with Crippen LogP contribution in [0.1, 0.15) is 28.8 Å². The lowest BCUT2D eigenvalue weighted by molar-refractivity contribution is 0.103. The van der Waals surface area contributed by atoms with Gasteiger partial charge in [0.2, 0.25) is 0 Å². The first-order valence-corrected chi connectivity index (χ1v) is 6.05. The lowest BCUT2D eigenvalue weighted by Gasteiger charge is -2.05. The lowest BCUT2D eigenvalue weighted by Crippen LogP contribution is -2.04. The monoisotopic (exact) mass is 222 g/mol. The van der Waals surface area contributed by atoms with Gasteiger partial charge in [0.25, 0.3) is 0 Å². The van der Waals surface area contributed by atoms with E-state index in [2.05, 4.69) is 18.2 Å². The minimum Gasteiger partial charge on any atom is -0.289 e. The number of allylic oxidation sites excluding steroid dienone is 6. The van der Waals surface area contributed by atoms with E-state index in [1.165, 1.54) is 11.1 Å². The third-order valence-electron chi connectivity index (χ3n) is 3.42. The van der Waals surface area contributed by atoms with E-state index >= 15 is 0 Å². The molecular weight excluding hydrogens is 208 g/mol. The molecule has 0 spiro atoms. The first kappa shape index (κ1) is 10.3. The molecule has 2 aliphatic carbocycles. The molecule has 0 bridgehead atoms. The summed E-state index contributed by atoms with van der Waals surface area (Å²) in [4.78, 5) is 12.5. The van der Waals surface area contributed by atoms with Crippen LogP contribution in [0.2, 0.25) is 0 Å². The Morgan fingerprint density at radius 3 is 2.88 bits per heavy atom. The van der Waals surface area contributed by atoms with Crippen molar-refractivity contribution in [2.45, 2.75) is 19.3 Å². The number of aryl methyl sites for hydroxylation is 1. The van der Waals surface area contributed by atoms with Crippen LogP contribution in [0.15, 0.2) is 59.7 Å². The fraction of sp³-hybridized carbons (Fsp3) is 0.188. The van der Waals surface area contributed by atoms with Gasteiger partial charge in [-0.15, -0.1) is 0 Å². The second-order valence-electron chi connectivity index (χ2n) is 4.46. The van der Waals surface area contributed by atoms with Crippen LogP contribution in [0.3, 0.4) is 0 Å². The van der Waals surface area contributed by atoms with E-state index in [-0.39, 0.29) is 5.78 Å². The Hall–Kier alpha value is -1.89. The first-order valence-electron chi connectivity index (χ1n) is 6.05. The molecule has 1 nitrogen and oxygen atoms in total. The van der Waals surface area contributed by atoms with Crippen molar-refractivity contribution < 1.29 is 4.79 Å². The Balaban J connectivity index is 2.15. The van der Waals surface area contributed by atoms with Crippen LogP contribution in [0.25, 0.3) is 0 Å². The zero-order chi connectivity index (χ0) is 11.7. The van der Waals surface area contributed by atoms with Crippen molar-refractivity contribution in [1.29, 1.82) is 0 Å². The Labute approximate surface area is 101 Å². The number of fused-ring (bicyclic) bond motifs is 2. The summed E-state index contributed by atoms with van der Waals surface area (Å²) in [5, 5.41) is 0. The molecule has 0 aliphatic heterocycles. The molecule has 0 aromatic heterocycles. The summed E-state index contributed by atoms with van der Waals surface area (Å²) >= 11 is 0. The molecule has 1 aromatic rings. The molecule has 0 unspecified atom stereocenters. The molecule has 0 amide bonds. The smallest absolute Gasteiger partial charge is 0.193 e. The fourth-order valence-corrected chi connectivity index (χ4v) is 2.50. The molecule has 0 heterocycles. The number of rotatable bonds is 0. The highest BCUT2D eigenvalue weighted by molar-refractivity contribution is 6.13. The number of hydrogen-bond donors (Lipinski definition) is 0. The zero-order valence-corrected chi connectivity index (χ0v) is 9.65. The molecule has 0 fully saturated rings. The van der Waals surface area contributed by atoms with Crippen molar-refractivity contribution in [3.8, 4) is 0 Å². The van der Waals surface area contributed by atoms with Gasteiger partial charge in [-0.1, -0.05) is 48.6 Å². The van der Waals surface area contributed by atoms with Gasteiger partial charge in [0, 0.05) is 11.1 Å². The van der Waals surface area contributed by atoms with E-state index in [4.69, 9.17) is 0 Å². The van der Waals surface area contributed by atoms with E-state index in [0.717, 1.165) is 30.4 Å². The third kappa shape index (κ3) is 1.78. The lowest BCUT2D eigenvalue weighted by atomic mass is 9.97. The second kappa shape index (κ2) is 4.17. The molecule has 0 saturated carbocycles. The zero-order valence-electron chi connectivity index (χ0n) is 9.65. The SMILES string of the molecule is O=C1C2=CC=CCC=C2CCc2ccccc21. The van der Waals surface area contributed by atoms with Gasteiger partial charge in [-0.2, -0.15) is 0 Å². The van der Waals surface area contributed by atoms with Crippen LogP contribution in [-0.2, 0) is 6.42 Å². The Morgan fingerprint density at radius 1 is 1.06 bits per heavy atom. The Kier molecular flexibility index (Phi) is 2.52. The van der Waals surface area contributed by atoms with Crippen LogP contribution in [0.4, 0.5) is 0 Å². The molecule has 17 heavy (non-hydrogen) atoms. The third-order valence-corrected chi connectivity index (χ3v) is 3.42. The van der Waals surface area contributed by atoms with E-state index < -0.39 is 0 Å². The molecule has 0 atom stereocenters. The highest BCUT2D eigenvalue weighted by Gasteiger charge is 2.22. The van der Waals surface area contributed by atoms with Gasteiger partial charge in [-0.3, -0.25) is 4.79 Å². The van der Waals surface area contributed by atoms with Gasteiger partial charge in [0.05, 0.1) is 0 Å². The van der Waals surface area contributed by atoms with E-state index in [1.54, 1.807) is 0 Å². The van der Waals surface area contributed by atoms with E-state index in [1.807, 2.05) is 30.4 Å². The number of ketones is 1. The van der Waals surface area contributed by atoms with Gasteiger partial charge < -0.3 is 0 Å². The van der Waals surface area contributed by atoms with Gasteiger partial charge in [-0.05, 0) is 30.4 Å². The van der Waals surface area contributed by atoms with Crippen molar-refractivity contribution in [2.24, 2.45) is 0 Å². The normalized spacial score (nSPS) is 18.5. The number of hydrogen-bond acceptors (Lipinski definition) is 1. The summed E-state index contributed by atoms with van der Waals surface area (Å²) in [5.74, 6) is 0.177. The average molecular weight is 222 g/mol. The van der Waals surface area contributed by atoms with Crippen LogP contribution < -0.4 is 0 Å². The standard InChI is InChI=1S/C16H14O/c17-16-14-8-3-1-2-6-12(14)10-11-13-7-4-5-9-15(13)16/h1,3-9H,2,10-11H2.